The molecular formula is C20H21ClF3N3O3S. The number of hydrogen-bond acceptors (Lipinski definition) is 4. The van der Waals surface area contributed by atoms with Crippen molar-refractivity contribution in [3.63, 3.8) is 0 Å². The topological polar surface area (TPSA) is 60.9 Å². The zero-order valence-electron chi connectivity index (χ0n) is 16.6. The van der Waals surface area contributed by atoms with Gasteiger partial charge in [0.15, 0.2) is 0 Å². The van der Waals surface area contributed by atoms with Gasteiger partial charge in [-0.3, -0.25) is 9.10 Å². The van der Waals surface area contributed by atoms with Gasteiger partial charge in [0.25, 0.3) is 10.0 Å². The number of rotatable bonds is 5. The van der Waals surface area contributed by atoms with Crippen molar-refractivity contribution in [3.8, 4) is 0 Å². The van der Waals surface area contributed by atoms with E-state index in [1.165, 1.54) is 43.3 Å². The number of carbonyl (C=O) groups excluding carboxylic acids is 1. The summed E-state index contributed by atoms with van der Waals surface area (Å²) in [7, 11) is -4.49. The monoisotopic (exact) mass is 475 g/mol. The number of piperazine rings is 1. The lowest BCUT2D eigenvalue weighted by Crippen LogP contribution is -2.48. The third-order valence-electron chi connectivity index (χ3n) is 4.93. The standard InChI is InChI=1S/C20H21ClF3N3O3S/c1-15(28)25-9-11-26(12-10-25)17-5-7-19(8-6-17)31(29,30)27(14-20(22,23)24)18-4-2-3-16(21)13-18/h2-8,13H,9-12,14H2,1H3. The third-order valence-corrected chi connectivity index (χ3v) is 6.96. The molecule has 1 fully saturated rings. The highest BCUT2D eigenvalue weighted by atomic mass is 35.5. The Morgan fingerprint density at radius 3 is 2.19 bits per heavy atom. The van der Waals surface area contributed by atoms with Crippen molar-refractivity contribution in [1.82, 2.24) is 4.90 Å². The van der Waals surface area contributed by atoms with Crippen LogP contribution in [0.2, 0.25) is 5.02 Å². The molecule has 0 aromatic heterocycles. The second-order valence-corrected chi connectivity index (χ2v) is 9.39. The lowest BCUT2D eigenvalue weighted by Gasteiger charge is -2.35. The lowest BCUT2D eigenvalue weighted by molar-refractivity contribution is -0.129. The van der Waals surface area contributed by atoms with Crippen LogP contribution in [-0.2, 0) is 14.8 Å². The van der Waals surface area contributed by atoms with Gasteiger partial charge in [-0.2, -0.15) is 13.2 Å². The summed E-state index contributed by atoms with van der Waals surface area (Å²) in [4.78, 5) is 14.9. The molecule has 0 spiro atoms. The highest BCUT2D eigenvalue weighted by Crippen LogP contribution is 2.31. The molecule has 6 nitrogen and oxygen atoms in total. The summed E-state index contributed by atoms with van der Waals surface area (Å²) >= 11 is 5.86. The first-order valence-corrected chi connectivity index (χ1v) is 11.2. The SMILES string of the molecule is CC(=O)N1CCN(c2ccc(S(=O)(=O)N(CC(F)(F)F)c3cccc(Cl)c3)cc2)CC1. The van der Waals surface area contributed by atoms with E-state index in [0.29, 0.717) is 30.5 Å². The van der Waals surface area contributed by atoms with Crippen molar-refractivity contribution in [2.75, 3.05) is 41.9 Å². The first kappa shape index (κ1) is 23.2. The molecule has 31 heavy (non-hydrogen) atoms. The molecule has 1 amide bonds. The molecule has 1 aliphatic heterocycles. The van der Waals surface area contributed by atoms with Crippen molar-refractivity contribution in [3.05, 3.63) is 53.6 Å². The van der Waals surface area contributed by atoms with Crippen LogP contribution in [0, 0.1) is 0 Å². The Morgan fingerprint density at radius 2 is 1.68 bits per heavy atom. The van der Waals surface area contributed by atoms with E-state index in [2.05, 4.69) is 0 Å². The fraction of sp³-hybridized carbons (Fsp3) is 0.350. The van der Waals surface area contributed by atoms with Gasteiger partial charge in [0.2, 0.25) is 5.91 Å². The summed E-state index contributed by atoms with van der Waals surface area (Å²) in [6, 6.07) is 11.0. The molecule has 0 bridgehead atoms. The van der Waals surface area contributed by atoms with Crippen molar-refractivity contribution in [2.24, 2.45) is 0 Å². The summed E-state index contributed by atoms with van der Waals surface area (Å²) < 4.78 is 65.9. The van der Waals surface area contributed by atoms with E-state index in [0.717, 1.165) is 5.69 Å². The highest BCUT2D eigenvalue weighted by Gasteiger charge is 2.37. The van der Waals surface area contributed by atoms with E-state index in [4.69, 9.17) is 11.6 Å². The largest absolute Gasteiger partial charge is 0.407 e. The summed E-state index contributed by atoms with van der Waals surface area (Å²) in [5.74, 6) is -0.00753. The van der Waals surface area contributed by atoms with Gasteiger partial charge in [0, 0.05) is 43.8 Å². The second-order valence-electron chi connectivity index (χ2n) is 7.09. The first-order valence-electron chi connectivity index (χ1n) is 9.43. The van der Waals surface area contributed by atoms with Crippen LogP contribution in [0.5, 0.6) is 0 Å². The maximum atomic E-state index is 13.2. The van der Waals surface area contributed by atoms with Crippen LogP contribution >= 0.6 is 11.6 Å². The van der Waals surface area contributed by atoms with Crippen molar-refractivity contribution >= 4 is 38.9 Å². The van der Waals surface area contributed by atoms with E-state index < -0.39 is 22.7 Å². The minimum atomic E-state index is -4.74. The molecule has 168 valence electrons. The molecule has 0 aliphatic carbocycles. The van der Waals surface area contributed by atoms with Crippen LogP contribution < -0.4 is 9.21 Å². The van der Waals surface area contributed by atoms with E-state index in [9.17, 15) is 26.4 Å². The van der Waals surface area contributed by atoms with E-state index >= 15 is 0 Å². The summed E-state index contributed by atoms with van der Waals surface area (Å²) in [6.07, 6.45) is -4.74. The Hall–Kier alpha value is -2.46. The number of alkyl halides is 3. The average Bonchev–Trinajstić information content (AvgIpc) is 2.71. The quantitative estimate of drug-likeness (QED) is 0.660. The van der Waals surface area contributed by atoms with Crippen LogP contribution in [0.25, 0.3) is 0 Å². The Morgan fingerprint density at radius 1 is 1.06 bits per heavy atom. The first-order chi connectivity index (χ1) is 14.5. The number of benzene rings is 2. The summed E-state index contributed by atoms with van der Waals surface area (Å²) in [6.45, 7) is 2.07. The predicted octanol–water partition coefficient (Wildman–Crippen LogP) is 3.77. The van der Waals surface area contributed by atoms with Gasteiger partial charge in [-0.15, -0.1) is 0 Å². The molecule has 1 heterocycles. The molecule has 0 radical (unpaired) electrons. The molecule has 0 unspecified atom stereocenters. The Kier molecular flexibility index (Phi) is 6.70. The fourth-order valence-electron chi connectivity index (χ4n) is 3.34. The van der Waals surface area contributed by atoms with Crippen LogP contribution in [0.3, 0.4) is 0 Å². The molecule has 2 aromatic carbocycles. The van der Waals surface area contributed by atoms with E-state index in [1.807, 2.05) is 4.90 Å². The summed E-state index contributed by atoms with van der Waals surface area (Å²) in [5.41, 5.74) is 0.557. The smallest absolute Gasteiger partial charge is 0.368 e. The molecule has 1 aliphatic rings. The number of amides is 1. The fourth-order valence-corrected chi connectivity index (χ4v) is 4.97. The molecule has 0 saturated carbocycles. The van der Waals surface area contributed by atoms with Crippen molar-refractivity contribution in [2.45, 2.75) is 18.0 Å². The number of sulfonamides is 1. The minimum absolute atomic E-state index is 0.00753. The minimum Gasteiger partial charge on any atom is -0.368 e. The maximum Gasteiger partial charge on any atom is 0.407 e. The van der Waals surface area contributed by atoms with Gasteiger partial charge in [-0.1, -0.05) is 17.7 Å². The molecule has 3 rings (SSSR count). The molecular weight excluding hydrogens is 455 g/mol. The zero-order valence-corrected chi connectivity index (χ0v) is 18.2. The van der Waals surface area contributed by atoms with Crippen LogP contribution in [0.15, 0.2) is 53.4 Å². The zero-order chi connectivity index (χ0) is 22.8. The van der Waals surface area contributed by atoms with E-state index in [-0.39, 0.29) is 21.5 Å². The highest BCUT2D eigenvalue weighted by molar-refractivity contribution is 7.92. The number of carbonyl (C=O) groups is 1. The number of anilines is 2. The molecule has 11 heteroatoms. The van der Waals surface area contributed by atoms with Crippen molar-refractivity contribution in [1.29, 1.82) is 0 Å². The second kappa shape index (κ2) is 8.96. The normalized spacial score (nSPS) is 15.1. The number of nitrogens with zero attached hydrogens (tertiary/aromatic N) is 3. The Bertz CT molecular complexity index is 1040. The molecule has 0 N–H and O–H groups in total. The Labute approximate surface area is 183 Å². The van der Waals surface area contributed by atoms with Gasteiger partial charge in [-0.05, 0) is 42.5 Å². The van der Waals surface area contributed by atoms with Gasteiger partial charge >= 0.3 is 6.18 Å². The molecule has 0 atom stereocenters. The van der Waals surface area contributed by atoms with Crippen LogP contribution in [-0.4, -0.2) is 58.1 Å². The lowest BCUT2D eigenvalue weighted by atomic mass is 10.2. The van der Waals surface area contributed by atoms with Gasteiger partial charge < -0.3 is 9.80 Å². The average molecular weight is 476 g/mol. The van der Waals surface area contributed by atoms with Crippen LogP contribution in [0.4, 0.5) is 24.5 Å². The number of hydrogen-bond donors (Lipinski definition) is 0. The maximum absolute atomic E-state index is 13.2. The van der Waals surface area contributed by atoms with Gasteiger partial charge in [0.05, 0.1) is 10.6 Å². The molecule has 1 saturated heterocycles. The predicted molar refractivity (Wildman–Crippen MR) is 113 cm³/mol. The number of halogens is 4. The Balaban J connectivity index is 1.86. The summed E-state index contributed by atoms with van der Waals surface area (Å²) in [5, 5.41) is 0.125. The van der Waals surface area contributed by atoms with Gasteiger partial charge in [0.1, 0.15) is 6.54 Å². The van der Waals surface area contributed by atoms with Gasteiger partial charge in [-0.25, -0.2) is 8.42 Å². The molecule has 2 aromatic rings. The third kappa shape index (κ3) is 5.62. The van der Waals surface area contributed by atoms with E-state index in [1.54, 1.807) is 17.0 Å². The van der Waals surface area contributed by atoms with Crippen molar-refractivity contribution < 1.29 is 26.4 Å². The van der Waals surface area contributed by atoms with Crippen LogP contribution in [0.1, 0.15) is 6.92 Å².